The number of morpholine rings is 1. The number of nitrogens with two attached hydrogens (primary N) is 1. The second-order valence-electron chi connectivity index (χ2n) is 4.05. The highest BCUT2D eigenvalue weighted by Crippen LogP contribution is 2.31. The summed E-state index contributed by atoms with van der Waals surface area (Å²) in [6.07, 6.45) is -0.133. The lowest BCUT2D eigenvalue weighted by Gasteiger charge is -2.34. The van der Waals surface area contributed by atoms with Crippen molar-refractivity contribution in [3.05, 3.63) is 18.2 Å². The number of ether oxygens (including phenoxy) is 2. The molecule has 0 saturated carbocycles. The van der Waals surface area contributed by atoms with Gasteiger partial charge in [-0.15, -0.1) is 0 Å². The van der Waals surface area contributed by atoms with E-state index in [1.165, 1.54) is 0 Å². The number of rotatable bonds is 3. The van der Waals surface area contributed by atoms with Crippen molar-refractivity contribution < 1.29 is 14.6 Å². The number of nitrogen functional groups attached to an aromatic ring is 1. The van der Waals surface area contributed by atoms with E-state index in [-0.39, 0.29) is 12.7 Å². The van der Waals surface area contributed by atoms with Gasteiger partial charge in [-0.1, -0.05) is 0 Å². The average Bonchev–Trinajstić information content (AvgIpc) is 2.38. The molecule has 1 fully saturated rings. The summed E-state index contributed by atoms with van der Waals surface area (Å²) in [4.78, 5) is 2.14. The van der Waals surface area contributed by atoms with Crippen molar-refractivity contribution in [3.63, 3.8) is 0 Å². The zero-order valence-corrected chi connectivity index (χ0v) is 9.93. The molecule has 1 aliphatic rings. The van der Waals surface area contributed by atoms with Gasteiger partial charge in [0.1, 0.15) is 5.75 Å². The fraction of sp³-hybridized carbons (Fsp3) is 0.500. The molecule has 1 heterocycles. The van der Waals surface area contributed by atoms with Crippen LogP contribution in [0.4, 0.5) is 11.4 Å². The summed E-state index contributed by atoms with van der Waals surface area (Å²) < 4.78 is 10.7. The van der Waals surface area contributed by atoms with Gasteiger partial charge >= 0.3 is 0 Å². The molecule has 1 aromatic rings. The first-order valence-corrected chi connectivity index (χ1v) is 5.65. The molecule has 1 saturated heterocycles. The Balaban J connectivity index is 2.20. The summed E-state index contributed by atoms with van der Waals surface area (Å²) in [5, 5.41) is 9.12. The lowest BCUT2D eigenvalue weighted by molar-refractivity contribution is 0.00347. The first-order valence-electron chi connectivity index (χ1n) is 5.65. The van der Waals surface area contributed by atoms with E-state index in [0.29, 0.717) is 18.8 Å². The maximum Gasteiger partial charge on any atom is 0.144 e. The zero-order valence-electron chi connectivity index (χ0n) is 9.93. The third-order valence-corrected chi connectivity index (χ3v) is 2.89. The van der Waals surface area contributed by atoms with Gasteiger partial charge in [0.05, 0.1) is 32.1 Å². The molecule has 2 rings (SSSR count). The van der Waals surface area contributed by atoms with Crippen molar-refractivity contribution in [2.45, 2.75) is 6.10 Å². The fourth-order valence-electron chi connectivity index (χ4n) is 2.00. The Labute approximate surface area is 101 Å². The average molecular weight is 238 g/mol. The number of hydrogen-bond acceptors (Lipinski definition) is 5. The minimum atomic E-state index is -0.133. The number of aliphatic hydroxyl groups is 1. The molecule has 0 spiro atoms. The molecule has 0 aromatic heterocycles. The van der Waals surface area contributed by atoms with Gasteiger partial charge in [-0.3, -0.25) is 0 Å². The Morgan fingerprint density at radius 2 is 2.41 bits per heavy atom. The molecular weight excluding hydrogens is 220 g/mol. The summed E-state index contributed by atoms with van der Waals surface area (Å²) in [5.41, 5.74) is 7.39. The van der Waals surface area contributed by atoms with Crippen molar-refractivity contribution >= 4 is 11.4 Å². The largest absolute Gasteiger partial charge is 0.495 e. The third-order valence-electron chi connectivity index (χ3n) is 2.89. The van der Waals surface area contributed by atoms with E-state index in [1.54, 1.807) is 13.2 Å². The van der Waals surface area contributed by atoms with Crippen LogP contribution in [0.5, 0.6) is 5.75 Å². The molecule has 0 aliphatic carbocycles. The standard InChI is InChI=1S/C12H18N2O3/c1-16-12-6-9(13)2-3-11(12)14-4-5-17-10(7-14)8-15/h2-3,6,10,15H,4-5,7-8,13H2,1H3/t10-/m0/s1. The van der Waals surface area contributed by atoms with Gasteiger partial charge in [-0.2, -0.15) is 0 Å². The summed E-state index contributed by atoms with van der Waals surface area (Å²) >= 11 is 0. The highest BCUT2D eigenvalue weighted by molar-refractivity contribution is 5.64. The molecule has 0 unspecified atom stereocenters. The topological polar surface area (TPSA) is 68.0 Å². The number of methoxy groups -OCH3 is 1. The van der Waals surface area contributed by atoms with Crippen LogP contribution >= 0.6 is 0 Å². The van der Waals surface area contributed by atoms with Crippen molar-refractivity contribution in [2.75, 3.05) is 44.0 Å². The number of benzene rings is 1. The predicted octanol–water partition coefficient (Wildman–Crippen LogP) is 0.475. The van der Waals surface area contributed by atoms with Gasteiger partial charge in [-0.25, -0.2) is 0 Å². The molecule has 5 heteroatoms. The number of aliphatic hydroxyl groups excluding tert-OH is 1. The predicted molar refractivity (Wildman–Crippen MR) is 66.4 cm³/mol. The summed E-state index contributed by atoms with van der Waals surface area (Å²) in [7, 11) is 1.63. The lowest BCUT2D eigenvalue weighted by Crippen LogP contribution is -2.44. The van der Waals surface area contributed by atoms with Crippen LogP contribution in [0.15, 0.2) is 18.2 Å². The van der Waals surface area contributed by atoms with Crippen molar-refractivity contribution in [1.29, 1.82) is 0 Å². The van der Waals surface area contributed by atoms with Gasteiger partial charge in [0.15, 0.2) is 0 Å². The highest BCUT2D eigenvalue weighted by atomic mass is 16.5. The Kier molecular flexibility index (Phi) is 3.71. The van der Waals surface area contributed by atoms with Crippen LogP contribution in [0.3, 0.4) is 0 Å². The molecule has 5 nitrogen and oxygen atoms in total. The normalized spacial score (nSPS) is 20.4. The molecular formula is C12H18N2O3. The van der Waals surface area contributed by atoms with Crippen molar-refractivity contribution in [3.8, 4) is 5.75 Å². The minimum absolute atomic E-state index is 0.0355. The Hall–Kier alpha value is -1.46. The molecule has 1 aromatic carbocycles. The lowest BCUT2D eigenvalue weighted by atomic mass is 10.2. The molecule has 0 bridgehead atoms. The van der Waals surface area contributed by atoms with E-state index in [0.717, 1.165) is 18.0 Å². The quantitative estimate of drug-likeness (QED) is 0.749. The maximum atomic E-state index is 9.12. The molecule has 0 amide bonds. The van der Waals surface area contributed by atoms with E-state index in [9.17, 15) is 0 Å². The summed E-state index contributed by atoms with van der Waals surface area (Å²) in [6.45, 7) is 2.10. The Morgan fingerprint density at radius 1 is 1.59 bits per heavy atom. The van der Waals surface area contributed by atoms with Crippen LogP contribution in [-0.4, -0.2) is 44.6 Å². The summed E-state index contributed by atoms with van der Waals surface area (Å²) in [6, 6.07) is 5.59. The second kappa shape index (κ2) is 5.25. The van der Waals surface area contributed by atoms with Crippen LogP contribution in [0, 0.1) is 0 Å². The van der Waals surface area contributed by atoms with Crippen molar-refractivity contribution in [1.82, 2.24) is 0 Å². The smallest absolute Gasteiger partial charge is 0.144 e. The molecule has 17 heavy (non-hydrogen) atoms. The highest BCUT2D eigenvalue weighted by Gasteiger charge is 2.22. The van der Waals surface area contributed by atoms with Crippen LogP contribution < -0.4 is 15.4 Å². The van der Waals surface area contributed by atoms with E-state index in [4.69, 9.17) is 20.3 Å². The van der Waals surface area contributed by atoms with E-state index in [2.05, 4.69) is 4.90 Å². The van der Waals surface area contributed by atoms with Gasteiger partial charge in [-0.05, 0) is 12.1 Å². The first kappa shape index (κ1) is 12.0. The first-order chi connectivity index (χ1) is 8.24. The zero-order chi connectivity index (χ0) is 12.3. The molecule has 3 N–H and O–H groups in total. The van der Waals surface area contributed by atoms with Gasteiger partial charge in [0.25, 0.3) is 0 Å². The third kappa shape index (κ3) is 2.62. The number of hydrogen-bond donors (Lipinski definition) is 2. The van der Waals surface area contributed by atoms with Gasteiger partial charge in [0.2, 0.25) is 0 Å². The monoisotopic (exact) mass is 238 g/mol. The molecule has 1 atom stereocenters. The molecule has 1 aliphatic heterocycles. The van der Waals surface area contributed by atoms with E-state index in [1.807, 2.05) is 12.1 Å². The maximum absolute atomic E-state index is 9.12. The Bertz CT molecular complexity index is 384. The second-order valence-corrected chi connectivity index (χ2v) is 4.05. The van der Waals surface area contributed by atoms with Crippen LogP contribution in [-0.2, 0) is 4.74 Å². The van der Waals surface area contributed by atoms with Gasteiger partial charge in [0, 0.05) is 24.8 Å². The van der Waals surface area contributed by atoms with E-state index >= 15 is 0 Å². The number of anilines is 2. The van der Waals surface area contributed by atoms with Crippen LogP contribution in [0.25, 0.3) is 0 Å². The SMILES string of the molecule is COc1cc(N)ccc1N1CCO[C@H](CO)C1. The molecule has 94 valence electrons. The fourth-order valence-corrected chi connectivity index (χ4v) is 2.00. The van der Waals surface area contributed by atoms with Crippen molar-refractivity contribution in [2.24, 2.45) is 0 Å². The van der Waals surface area contributed by atoms with E-state index < -0.39 is 0 Å². The Morgan fingerprint density at radius 3 is 3.12 bits per heavy atom. The number of nitrogens with zero attached hydrogens (tertiary/aromatic N) is 1. The molecule has 0 radical (unpaired) electrons. The van der Waals surface area contributed by atoms with Gasteiger partial charge < -0.3 is 25.2 Å². The van der Waals surface area contributed by atoms with Crippen LogP contribution in [0.2, 0.25) is 0 Å². The summed E-state index contributed by atoms with van der Waals surface area (Å²) in [5.74, 6) is 0.753. The van der Waals surface area contributed by atoms with Crippen LogP contribution in [0.1, 0.15) is 0 Å². The minimum Gasteiger partial charge on any atom is -0.495 e.